The third-order valence-corrected chi connectivity index (χ3v) is 7.12. The fourth-order valence-corrected chi connectivity index (χ4v) is 5.51. The van der Waals surface area contributed by atoms with Crippen LogP contribution in [0.4, 0.5) is 5.69 Å². The predicted molar refractivity (Wildman–Crippen MR) is 130 cm³/mol. The number of hydrogen-bond acceptors (Lipinski definition) is 4. The monoisotopic (exact) mass is 447 g/mol. The fourth-order valence-electron chi connectivity index (χ4n) is 4.31. The summed E-state index contributed by atoms with van der Waals surface area (Å²) in [6.07, 6.45) is 9.17. The van der Waals surface area contributed by atoms with Crippen LogP contribution in [0.25, 0.3) is 16.8 Å². The number of nitrogens with zero attached hydrogens (tertiary/aromatic N) is 3. The molecule has 1 amide bonds. The van der Waals surface area contributed by atoms with E-state index in [-0.39, 0.29) is 11.9 Å². The summed E-state index contributed by atoms with van der Waals surface area (Å²) in [5, 5.41) is 3.33. The van der Waals surface area contributed by atoms with Gasteiger partial charge in [-0.05, 0) is 59.1 Å². The van der Waals surface area contributed by atoms with Crippen molar-refractivity contribution in [3.05, 3.63) is 76.4 Å². The molecule has 0 radical (unpaired) electrons. The predicted octanol–water partition coefficient (Wildman–Crippen LogP) is 6.82. The Hall–Kier alpha value is -2.63. The van der Waals surface area contributed by atoms with Crippen molar-refractivity contribution in [3.8, 4) is 0 Å². The van der Waals surface area contributed by atoms with Gasteiger partial charge in [-0.15, -0.1) is 0 Å². The van der Waals surface area contributed by atoms with Gasteiger partial charge in [-0.2, -0.15) is 0 Å². The fraction of sp³-hybridized carbons (Fsp3) is 0.240. The van der Waals surface area contributed by atoms with E-state index in [4.69, 9.17) is 16.6 Å². The van der Waals surface area contributed by atoms with Gasteiger partial charge in [-0.3, -0.25) is 9.69 Å². The highest BCUT2D eigenvalue weighted by Crippen LogP contribution is 2.39. The van der Waals surface area contributed by atoms with Gasteiger partial charge in [0.05, 0.1) is 4.91 Å². The smallest absolute Gasteiger partial charge is 0.267 e. The van der Waals surface area contributed by atoms with E-state index in [1.807, 2.05) is 41.3 Å². The Balaban J connectivity index is 1.57. The Labute approximate surface area is 191 Å². The average Bonchev–Trinajstić information content (AvgIpc) is 3.11. The number of carbonyl (C=O) groups is 1. The summed E-state index contributed by atoms with van der Waals surface area (Å²) in [4.78, 5) is 25.0. The van der Waals surface area contributed by atoms with E-state index >= 15 is 0 Å². The lowest BCUT2D eigenvalue weighted by atomic mass is 9.94. The van der Waals surface area contributed by atoms with Crippen LogP contribution in [0.3, 0.4) is 0 Å². The van der Waals surface area contributed by atoms with E-state index in [0.29, 0.717) is 20.9 Å². The summed E-state index contributed by atoms with van der Waals surface area (Å²) >= 11 is 7.69. The van der Waals surface area contributed by atoms with Crippen molar-refractivity contribution in [2.24, 2.45) is 4.99 Å². The second kappa shape index (κ2) is 8.85. The molecule has 156 valence electrons. The SMILES string of the molecule is O=C1/C(=C/c2cccc3ccccc23)SC(=Nc2cccnc2Cl)N1C1CCCCC1. The molecule has 5 rings (SSSR count). The minimum absolute atomic E-state index is 0.0311. The third kappa shape index (κ3) is 4.12. The first-order chi connectivity index (χ1) is 15.2. The minimum atomic E-state index is 0.0311. The molecule has 1 saturated heterocycles. The maximum Gasteiger partial charge on any atom is 0.267 e. The molecule has 31 heavy (non-hydrogen) atoms. The van der Waals surface area contributed by atoms with Gasteiger partial charge in [0, 0.05) is 12.2 Å². The van der Waals surface area contributed by atoms with Crippen LogP contribution in [0.1, 0.15) is 37.7 Å². The van der Waals surface area contributed by atoms with Gasteiger partial charge < -0.3 is 0 Å². The molecule has 0 atom stereocenters. The zero-order valence-electron chi connectivity index (χ0n) is 17.0. The first kappa shape index (κ1) is 20.3. The van der Waals surface area contributed by atoms with Crippen molar-refractivity contribution in [2.75, 3.05) is 0 Å². The molecule has 2 aromatic carbocycles. The Bertz CT molecular complexity index is 1190. The van der Waals surface area contributed by atoms with Gasteiger partial charge in [-0.1, -0.05) is 73.3 Å². The zero-order valence-corrected chi connectivity index (χ0v) is 18.6. The van der Waals surface area contributed by atoms with E-state index < -0.39 is 0 Å². The number of amides is 1. The molecule has 6 heteroatoms. The number of aliphatic imine (C=N–C) groups is 1. The molecule has 0 spiro atoms. The Morgan fingerprint density at radius 1 is 1.03 bits per heavy atom. The van der Waals surface area contributed by atoms with Gasteiger partial charge >= 0.3 is 0 Å². The minimum Gasteiger partial charge on any atom is -0.283 e. The van der Waals surface area contributed by atoms with Gasteiger partial charge in [-0.25, -0.2) is 9.98 Å². The molecule has 2 heterocycles. The number of fused-ring (bicyclic) bond motifs is 1. The molecule has 1 aromatic heterocycles. The second-order valence-electron chi connectivity index (χ2n) is 7.85. The molecular weight excluding hydrogens is 426 g/mol. The van der Waals surface area contributed by atoms with Crippen molar-refractivity contribution in [2.45, 2.75) is 38.1 Å². The number of pyridine rings is 1. The van der Waals surface area contributed by atoms with Crippen molar-refractivity contribution >= 4 is 57.0 Å². The summed E-state index contributed by atoms with van der Waals surface area (Å²) in [7, 11) is 0. The highest BCUT2D eigenvalue weighted by Gasteiger charge is 2.38. The van der Waals surface area contributed by atoms with Crippen molar-refractivity contribution in [3.63, 3.8) is 0 Å². The van der Waals surface area contributed by atoms with Crippen LogP contribution in [0.2, 0.25) is 5.15 Å². The average molecular weight is 448 g/mol. The molecule has 1 saturated carbocycles. The van der Waals surface area contributed by atoms with Crippen molar-refractivity contribution < 1.29 is 4.79 Å². The molecule has 1 aliphatic carbocycles. The molecule has 0 N–H and O–H groups in total. The maximum absolute atomic E-state index is 13.5. The van der Waals surface area contributed by atoms with Crippen molar-refractivity contribution in [1.29, 1.82) is 0 Å². The highest BCUT2D eigenvalue weighted by molar-refractivity contribution is 8.18. The van der Waals surface area contributed by atoms with Gasteiger partial charge in [0.2, 0.25) is 0 Å². The number of amidine groups is 1. The van der Waals surface area contributed by atoms with Crippen LogP contribution in [-0.4, -0.2) is 27.0 Å². The van der Waals surface area contributed by atoms with Crippen LogP contribution >= 0.6 is 23.4 Å². The lowest BCUT2D eigenvalue weighted by molar-refractivity contribution is -0.124. The number of hydrogen-bond donors (Lipinski definition) is 0. The Kier molecular flexibility index (Phi) is 5.79. The van der Waals surface area contributed by atoms with Gasteiger partial charge in [0.15, 0.2) is 10.3 Å². The topological polar surface area (TPSA) is 45.6 Å². The summed E-state index contributed by atoms with van der Waals surface area (Å²) in [6, 6.07) is 18.2. The summed E-state index contributed by atoms with van der Waals surface area (Å²) in [5.41, 5.74) is 1.63. The number of halogens is 1. The zero-order chi connectivity index (χ0) is 21.2. The normalized spacial score (nSPS) is 20.3. The van der Waals surface area contributed by atoms with Crippen LogP contribution in [0, 0.1) is 0 Å². The lowest BCUT2D eigenvalue weighted by Gasteiger charge is -2.30. The maximum atomic E-state index is 13.5. The number of rotatable bonds is 3. The van der Waals surface area contributed by atoms with Crippen LogP contribution in [0.15, 0.2) is 70.7 Å². The molecule has 1 aliphatic heterocycles. The summed E-state index contributed by atoms with van der Waals surface area (Å²) in [6.45, 7) is 0. The summed E-state index contributed by atoms with van der Waals surface area (Å²) < 4.78 is 0. The third-order valence-electron chi connectivity index (χ3n) is 5.84. The standard InChI is InChI=1S/C25H22ClN3OS/c26-23-21(14-7-15-27-23)28-25-29(19-11-2-1-3-12-19)24(30)22(31-25)16-18-10-6-9-17-8-4-5-13-20(17)18/h4-10,13-16,19H,1-3,11-12H2/b22-16-,28-25?. The van der Waals surface area contributed by atoms with E-state index in [1.54, 1.807) is 6.20 Å². The first-order valence-corrected chi connectivity index (χ1v) is 11.8. The second-order valence-corrected chi connectivity index (χ2v) is 9.22. The summed E-state index contributed by atoms with van der Waals surface area (Å²) in [5.74, 6) is 0.0311. The van der Waals surface area contributed by atoms with E-state index in [2.05, 4.69) is 29.2 Å². The molecule has 2 aliphatic rings. The molecule has 4 nitrogen and oxygen atoms in total. The molecule has 0 bridgehead atoms. The number of carbonyl (C=O) groups excluding carboxylic acids is 1. The van der Waals surface area contributed by atoms with E-state index in [0.717, 1.165) is 42.0 Å². The largest absolute Gasteiger partial charge is 0.283 e. The molecule has 0 unspecified atom stereocenters. The van der Waals surface area contributed by atoms with Crippen LogP contribution < -0.4 is 0 Å². The number of aromatic nitrogens is 1. The van der Waals surface area contributed by atoms with E-state index in [1.165, 1.54) is 18.2 Å². The van der Waals surface area contributed by atoms with E-state index in [9.17, 15) is 4.79 Å². The molecule has 3 aromatic rings. The van der Waals surface area contributed by atoms with Crippen LogP contribution in [-0.2, 0) is 4.79 Å². The number of thioether (sulfide) groups is 1. The molecular formula is C25H22ClN3OS. The Morgan fingerprint density at radius 3 is 2.68 bits per heavy atom. The highest BCUT2D eigenvalue weighted by atomic mass is 35.5. The lowest BCUT2D eigenvalue weighted by Crippen LogP contribution is -2.40. The van der Waals surface area contributed by atoms with Gasteiger partial charge in [0.1, 0.15) is 5.69 Å². The van der Waals surface area contributed by atoms with Gasteiger partial charge in [0.25, 0.3) is 5.91 Å². The molecule has 2 fully saturated rings. The van der Waals surface area contributed by atoms with Crippen molar-refractivity contribution in [1.82, 2.24) is 9.88 Å². The number of benzene rings is 2. The van der Waals surface area contributed by atoms with Crippen LogP contribution in [0.5, 0.6) is 0 Å². The Morgan fingerprint density at radius 2 is 1.84 bits per heavy atom. The quantitative estimate of drug-likeness (QED) is 0.326. The first-order valence-electron chi connectivity index (χ1n) is 10.6.